The van der Waals surface area contributed by atoms with E-state index in [4.69, 9.17) is 26.4 Å². The second kappa shape index (κ2) is 13.8. The van der Waals surface area contributed by atoms with Crippen molar-refractivity contribution in [1.29, 1.82) is 0 Å². The fourth-order valence-corrected chi connectivity index (χ4v) is 5.09. The molecule has 0 N–H and O–H groups in total. The van der Waals surface area contributed by atoms with Gasteiger partial charge in [-0.2, -0.15) is 0 Å². The maximum atomic E-state index is 13.0. The first-order valence-electron chi connectivity index (χ1n) is 13.0. The SMILES string of the molecule is CCCOC(=O)CCCN1C(=O)/C(=C\c2ccc(OCc3ccc(C(C)(C)C)cc3)c(OCC)c2)SC1=S. The zero-order valence-electron chi connectivity index (χ0n) is 22.9. The molecule has 0 radical (unpaired) electrons. The average Bonchev–Trinajstić information content (AvgIpc) is 3.14. The van der Waals surface area contributed by atoms with Gasteiger partial charge in [-0.1, -0.05) is 82.0 Å². The molecule has 0 aromatic heterocycles. The summed E-state index contributed by atoms with van der Waals surface area (Å²) in [6, 6.07) is 14.1. The van der Waals surface area contributed by atoms with Crippen LogP contribution in [0.2, 0.25) is 0 Å². The van der Waals surface area contributed by atoms with Gasteiger partial charge in [-0.3, -0.25) is 14.5 Å². The van der Waals surface area contributed by atoms with Gasteiger partial charge >= 0.3 is 5.97 Å². The van der Waals surface area contributed by atoms with Gasteiger partial charge in [0, 0.05) is 13.0 Å². The molecule has 1 fully saturated rings. The van der Waals surface area contributed by atoms with E-state index in [1.54, 1.807) is 4.90 Å². The third-order valence-electron chi connectivity index (χ3n) is 5.88. The van der Waals surface area contributed by atoms with Gasteiger partial charge in [0.05, 0.1) is 18.1 Å². The summed E-state index contributed by atoms with van der Waals surface area (Å²) in [5.74, 6) is 0.861. The molecule has 0 unspecified atom stereocenters. The Bertz CT molecular complexity index is 1170. The van der Waals surface area contributed by atoms with Gasteiger partial charge in [0.15, 0.2) is 11.5 Å². The number of nitrogens with zero attached hydrogens (tertiary/aromatic N) is 1. The smallest absolute Gasteiger partial charge is 0.305 e. The molecule has 0 bridgehead atoms. The van der Waals surface area contributed by atoms with E-state index in [-0.39, 0.29) is 23.7 Å². The summed E-state index contributed by atoms with van der Waals surface area (Å²) in [5.41, 5.74) is 3.28. The minimum atomic E-state index is -0.250. The van der Waals surface area contributed by atoms with E-state index in [1.165, 1.54) is 17.3 Å². The standard InChI is InChI=1S/C30H37NO5S2/c1-6-17-35-27(32)9-8-16-31-28(33)26(38-29(31)37)19-22-12-15-24(25(18-22)34-7-2)36-20-21-10-13-23(14-11-21)30(3,4)5/h10-15,18-19H,6-9,16-17,20H2,1-5H3/b26-19+. The quantitative estimate of drug-likeness (QED) is 0.160. The first-order valence-corrected chi connectivity index (χ1v) is 14.2. The first kappa shape index (κ1) is 29.7. The Kier molecular flexibility index (Phi) is 10.8. The summed E-state index contributed by atoms with van der Waals surface area (Å²) in [5, 5.41) is 0. The Morgan fingerprint density at radius 1 is 1.05 bits per heavy atom. The van der Waals surface area contributed by atoms with Crippen LogP contribution < -0.4 is 9.47 Å². The molecule has 8 heteroatoms. The number of benzene rings is 2. The molecule has 0 aliphatic carbocycles. The molecular formula is C30H37NO5S2. The van der Waals surface area contributed by atoms with Crippen molar-refractivity contribution in [1.82, 2.24) is 4.90 Å². The highest BCUT2D eigenvalue weighted by Gasteiger charge is 2.31. The van der Waals surface area contributed by atoms with E-state index in [9.17, 15) is 9.59 Å². The molecule has 204 valence electrons. The number of esters is 1. The topological polar surface area (TPSA) is 65.1 Å². The molecule has 1 saturated heterocycles. The second-order valence-electron chi connectivity index (χ2n) is 10.0. The second-order valence-corrected chi connectivity index (χ2v) is 11.7. The molecule has 1 aliphatic heterocycles. The third-order valence-corrected chi connectivity index (χ3v) is 7.26. The van der Waals surface area contributed by atoms with Crippen LogP contribution in [0.15, 0.2) is 47.4 Å². The lowest BCUT2D eigenvalue weighted by atomic mass is 9.87. The van der Waals surface area contributed by atoms with Crippen molar-refractivity contribution in [2.75, 3.05) is 19.8 Å². The van der Waals surface area contributed by atoms with Crippen LogP contribution in [-0.2, 0) is 26.3 Å². The Morgan fingerprint density at radius 2 is 1.79 bits per heavy atom. The molecular weight excluding hydrogens is 518 g/mol. The third kappa shape index (κ3) is 8.33. The first-order chi connectivity index (χ1) is 18.1. The minimum Gasteiger partial charge on any atom is -0.490 e. The lowest BCUT2D eigenvalue weighted by Crippen LogP contribution is -2.29. The average molecular weight is 556 g/mol. The van der Waals surface area contributed by atoms with E-state index >= 15 is 0 Å². The van der Waals surface area contributed by atoms with Crippen LogP contribution in [0.5, 0.6) is 11.5 Å². The summed E-state index contributed by atoms with van der Waals surface area (Å²) >= 11 is 6.69. The number of carbonyl (C=O) groups is 2. The number of hydrogen-bond acceptors (Lipinski definition) is 7. The number of carbonyl (C=O) groups excluding carboxylic acids is 2. The molecule has 2 aromatic rings. The van der Waals surface area contributed by atoms with Crippen LogP contribution in [0.3, 0.4) is 0 Å². The normalized spacial score (nSPS) is 14.8. The van der Waals surface area contributed by atoms with Crippen LogP contribution in [0.4, 0.5) is 0 Å². The molecule has 1 aliphatic rings. The van der Waals surface area contributed by atoms with E-state index in [1.807, 2.05) is 38.1 Å². The molecule has 2 aromatic carbocycles. The molecule has 0 saturated carbocycles. The molecule has 6 nitrogen and oxygen atoms in total. The fraction of sp³-hybridized carbons (Fsp3) is 0.433. The van der Waals surface area contributed by atoms with E-state index < -0.39 is 0 Å². The number of amides is 1. The number of hydrogen-bond donors (Lipinski definition) is 0. The van der Waals surface area contributed by atoms with Crippen molar-refractivity contribution >= 4 is 46.3 Å². The van der Waals surface area contributed by atoms with Crippen molar-refractivity contribution in [3.05, 3.63) is 64.1 Å². The van der Waals surface area contributed by atoms with Crippen LogP contribution in [0.25, 0.3) is 6.08 Å². The van der Waals surface area contributed by atoms with Gasteiger partial charge in [0.1, 0.15) is 10.9 Å². The van der Waals surface area contributed by atoms with Crippen molar-refractivity contribution in [3.8, 4) is 11.5 Å². The summed E-state index contributed by atoms with van der Waals surface area (Å²) in [6.45, 7) is 12.2. The van der Waals surface area contributed by atoms with Crippen molar-refractivity contribution in [2.45, 2.75) is 65.9 Å². The maximum absolute atomic E-state index is 13.0. The Hall–Kier alpha value is -2.84. The molecule has 0 spiro atoms. The molecule has 38 heavy (non-hydrogen) atoms. The number of rotatable bonds is 12. The largest absolute Gasteiger partial charge is 0.490 e. The van der Waals surface area contributed by atoms with Crippen LogP contribution >= 0.6 is 24.0 Å². The Morgan fingerprint density at radius 3 is 2.45 bits per heavy atom. The van der Waals surface area contributed by atoms with Crippen molar-refractivity contribution < 1.29 is 23.8 Å². The van der Waals surface area contributed by atoms with Gasteiger partial charge in [-0.05, 0) is 60.1 Å². The zero-order chi connectivity index (χ0) is 27.7. The van der Waals surface area contributed by atoms with Gasteiger partial charge < -0.3 is 14.2 Å². The maximum Gasteiger partial charge on any atom is 0.305 e. The highest BCUT2D eigenvalue weighted by Crippen LogP contribution is 2.35. The highest BCUT2D eigenvalue weighted by atomic mass is 32.2. The highest BCUT2D eigenvalue weighted by molar-refractivity contribution is 8.26. The van der Waals surface area contributed by atoms with E-state index in [2.05, 4.69) is 45.0 Å². The zero-order valence-corrected chi connectivity index (χ0v) is 24.5. The summed E-state index contributed by atoms with van der Waals surface area (Å²) < 4.78 is 17.5. The lowest BCUT2D eigenvalue weighted by molar-refractivity contribution is -0.144. The summed E-state index contributed by atoms with van der Waals surface area (Å²) in [7, 11) is 0. The lowest BCUT2D eigenvalue weighted by Gasteiger charge is -2.19. The Labute approximate surface area is 235 Å². The van der Waals surface area contributed by atoms with Crippen LogP contribution in [0.1, 0.15) is 70.6 Å². The summed E-state index contributed by atoms with van der Waals surface area (Å²) in [6.07, 6.45) is 3.36. The van der Waals surface area contributed by atoms with E-state index in [0.717, 1.165) is 17.5 Å². The van der Waals surface area contributed by atoms with Crippen molar-refractivity contribution in [3.63, 3.8) is 0 Å². The monoisotopic (exact) mass is 555 g/mol. The van der Waals surface area contributed by atoms with Crippen molar-refractivity contribution in [2.24, 2.45) is 0 Å². The van der Waals surface area contributed by atoms with E-state index in [0.29, 0.717) is 53.5 Å². The van der Waals surface area contributed by atoms with Gasteiger partial charge in [0.2, 0.25) is 0 Å². The van der Waals surface area contributed by atoms with Gasteiger partial charge in [0.25, 0.3) is 5.91 Å². The number of thioether (sulfide) groups is 1. The number of thiocarbonyl (C=S) groups is 1. The minimum absolute atomic E-state index is 0.105. The predicted molar refractivity (Wildman–Crippen MR) is 157 cm³/mol. The van der Waals surface area contributed by atoms with Crippen LogP contribution in [0, 0.1) is 0 Å². The molecule has 1 heterocycles. The number of ether oxygens (including phenoxy) is 3. The fourth-order valence-electron chi connectivity index (χ4n) is 3.78. The van der Waals surface area contributed by atoms with Gasteiger partial charge in [-0.25, -0.2) is 0 Å². The molecule has 0 atom stereocenters. The summed E-state index contributed by atoms with van der Waals surface area (Å²) in [4.78, 5) is 26.8. The molecule has 1 amide bonds. The molecule has 3 rings (SSSR count). The predicted octanol–water partition coefficient (Wildman–Crippen LogP) is 6.90. The Balaban J connectivity index is 1.65. The van der Waals surface area contributed by atoms with Crippen LogP contribution in [-0.4, -0.2) is 40.9 Å². The van der Waals surface area contributed by atoms with Gasteiger partial charge in [-0.15, -0.1) is 0 Å².